The molecule has 0 unspecified atom stereocenters. The van der Waals surface area contributed by atoms with Crippen LogP contribution in [0.25, 0.3) is 0 Å². The quantitative estimate of drug-likeness (QED) is 0.318. The summed E-state index contributed by atoms with van der Waals surface area (Å²) in [4.78, 5) is 0. The van der Waals surface area contributed by atoms with Crippen LogP contribution >= 0.6 is 22.6 Å². The second kappa shape index (κ2) is 11.5. The van der Waals surface area contributed by atoms with E-state index in [0.29, 0.717) is 26.1 Å². The first-order valence-corrected chi connectivity index (χ1v) is 10.2. The molecule has 4 heteroatoms. The van der Waals surface area contributed by atoms with Crippen molar-refractivity contribution in [2.45, 2.75) is 32.3 Å². The molecule has 27 heavy (non-hydrogen) atoms. The van der Waals surface area contributed by atoms with Crippen molar-refractivity contribution in [1.82, 2.24) is 0 Å². The SMILES string of the molecule is N#CC(C#N)(CC(=CI)CCCOCc1ccccc1)Cc1ccccc1. The summed E-state index contributed by atoms with van der Waals surface area (Å²) in [6.45, 7) is 1.27. The van der Waals surface area contributed by atoms with E-state index in [1.54, 1.807) is 0 Å². The van der Waals surface area contributed by atoms with Crippen molar-refractivity contribution in [3.8, 4) is 12.1 Å². The summed E-state index contributed by atoms with van der Waals surface area (Å²) in [7, 11) is 0. The minimum absolute atomic E-state index is 0.444. The maximum absolute atomic E-state index is 9.69. The monoisotopic (exact) mass is 470 g/mol. The van der Waals surface area contributed by atoms with Gasteiger partial charge in [-0.2, -0.15) is 10.5 Å². The molecule has 0 N–H and O–H groups in total. The molecule has 0 aliphatic rings. The lowest BCUT2D eigenvalue weighted by Crippen LogP contribution is -2.20. The van der Waals surface area contributed by atoms with Crippen molar-refractivity contribution < 1.29 is 4.74 Å². The highest BCUT2D eigenvalue weighted by Crippen LogP contribution is 2.32. The standard InChI is InChI=1S/C23H23IN2O/c24-16-22(12-7-13-27-17-21-10-5-2-6-11-21)15-23(18-25,19-26)14-20-8-3-1-4-9-20/h1-6,8-11,16H,7,12-15,17H2. The normalized spacial score (nSPS) is 11.6. The summed E-state index contributed by atoms with van der Waals surface area (Å²) in [5, 5.41) is 19.4. The molecule has 0 bridgehead atoms. The summed E-state index contributed by atoms with van der Waals surface area (Å²) in [6, 6.07) is 24.4. The second-order valence-corrected chi connectivity index (χ2v) is 7.18. The third-order valence-corrected chi connectivity index (χ3v) is 5.24. The van der Waals surface area contributed by atoms with Gasteiger partial charge in [-0.05, 0) is 28.1 Å². The molecule has 0 aromatic heterocycles. The van der Waals surface area contributed by atoms with Gasteiger partial charge in [0.05, 0.1) is 18.7 Å². The molecule has 0 saturated carbocycles. The Morgan fingerprint density at radius 2 is 1.56 bits per heavy atom. The van der Waals surface area contributed by atoms with E-state index in [2.05, 4.69) is 34.7 Å². The average Bonchev–Trinajstić information content (AvgIpc) is 2.73. The minimum atomic E-state index is -1.02. The van der Waals surface area contributed by atoms with Crippen LogP contribution in [0.4, 0.5) is 0 Å². The first-order chi connectivity index (χ1) is 13.2. The zero-order valence-corrected chi connectivity index (χ0v) is 17.4. The van der Waals surface area contributed by atoms with Crippen LogP contribution < -0.4 is 0 Å². The van der Waals surface area contributed by atoms with Crippen LogP contribution in [-0.4, -0.2) is 6.61 Å². The molecular formula is C23H23IN2O. The number of nitrogens with zero attached hydrogens (tertiary/aromatic N) is 2. The lowest BCUT2D eigenvalue weighted by Gasteiger charge is -2.20. The van der Waals surface area contributed by atoms with Crippen LogP contribution in [0.5, 0.6) is 0 Å². The van der Waals surface area contributed by atoms with E-state index in [0.717, 1.165) is 29.5 Å². The second-order valence-electron chi connectivity index (χ2n) is 6.55. The van der Waals surface area contributed by atoms with Crippen LogP contribution in [0.2, 0.25) is 0 Å². The molecule has 0 aliphatic heterocycles. The molecule has 0 spiro atoms. The predicted molar refractivity (Wildman–Crippen MR) is 116 cm³/mol. The number of benzene rings is 2. The van der Waals surface area contributed by atoms with Crippen molar-refractivity contribution in [2.24, 2.45) is 5.41 Å². The summed E-state index contributed by atoms with van der Waals surface area (Å²) < 4.78 is 7.74. The van der Waals surface area contributed by atoms with Crippen LogP contribution in [0.15, 0.2) is 70.3 Å². The van der Waals surface area contributed by atoms with Crippen molar-refractivity contribution >= 4 is 22.6 Å². The van der Waals surface area contributed by atoms with Gasteiger partial charge in [0, 0.05) is 19.4 Å². The van der Waals surface area contributed by atoms with Gasteiger partial charge < -0.3 is 4.74 Å². The van der Waals surface area contributed by atoms with Crippen LogP contribution in [0.3, 0.4) is 0 Å². The molecule has 138 valence electrons. The Morgan fingerprint density at radius 3 is 2.11 bits per heavy atom. The third-order valence-electron chi connectivity index (χ3n) is 4.36. The highest BCUT2D eigenvalue weighted by atomic mass is 127. The fourth-order valence-electron chi connectivity index (χ4n) is 2.92. The summed E-state index contributed by atoms with van der Waals surface area (Å²) in [6.07, 6.45) is 2.62. The molecule has 0 radical (unpaired) electrons. The molecule has 0 heterocycles. The Bertz CT molecular complexity index is 790. The fraction of sp³-hybridized carbons (Fsp3) is 0.304. The minimum Gasteiger partial charge on any atom is -0.377 e. The van der Waals surface area contributed by atoms with Gasteiger partial charge in [-0.15, -0.1) is 0 Å². The zero-order valence-electron chi connectivity index (χ0n) is 15.3. The molecule has 3 nitrogen and oxygen atoms in total. The first-order valence-electron chi connectivity index (χ1n) is 8.97. The Morgan fingerprint density at radius 1 is 0.963 bits per heavy atom. The van der Waals surface area contributed by atoms with Gasteiger partial charge in [-0.1, -0.05) is 88.8 Å². The van der Waals surface area contributed by atoms with Crippen LogP contribution in [0, 0.1) is 28.1 Å². The number of nitriles is 2. The Balaban J connectivity index is 1.84. The smallest absolute Gasteiger partial charge is 0.151 e. The van der Waals surface area contributed by atoms with Gasteiger partial charge in [0.2, 0.25) is 0 Å². The van der Waals surface area contributed by atoms with E-state index in [-0.39, 0.29) is 0 Å². The molecule has 2 rings (SSSR count). The molecule has 2 aromatic carbocycles. The molecule has 0 amide bonds. The van der Waals surface area contributed by atoms with Crippen molar-refractivity contribution in [1.29, 1.82) is 10.5 Å². The number of hydrogen-bond acceptors (Lipinski definition) is 3. The van der Waals surface area contributed by atoms with Gasteiger partial charge >= 0.3 is 0 Å². The highest BCUT2D eigenvalue weighted by Gasteiger charge is 2.31. The molecule has 0 atom stereocenters. The molecular weight excluding hydrogens is 447 g/mol. The number of hydrogen-bond donors (Lipinski definition) is 0. The largest absolute Gasteiger partial charge is 0.377 e. The van der Waals surface area contributed by atoms with E-state index >= 15 is 0 Å². The summed E-state index contributed by atoms with van der Waals surface area (Å²) >= 11 is 2.20. The van der Waals surface area contributed by atoms with Gasteiger partial charge in [-0.25, -0.2) is 0 Å². The Labute approximate surface area is 175 Å². The lowest BCUT2D eigenvalue weighted by molar-refractivity contribution is 0.118. The number of halogens is 1. The lowest BCUT2D eigenvalue weighted by atomic mass is 9.78. The number of rotatable bonds is 10. The Kier molecular flexibility index (Phi) is 9.04. The number of allylic oxidation sites excluding steroid dienone is 1. The van der Waals surface area contributed by atoms with Gasteiger partial charge in [0.1, 0.15) is 0 Å². The summed E-state index contributed by atoms with van der Waals surface area (Å²) in [5.74, 6) is 0. The highest BCUT2D eigenvalue weighted by molar-refractivity contribution is 14.1. The van der Waals surface area contributed by atoms with E-state index in [9.17, 15) is 10.5 Å². The van der Waals surface area contributed by atoms with E-state index in [4.69, 9.17) is 4.74 Å². The van der Waals surface area contributed by atoms with E-state index < -0.39 is 5.41 Å². The zero-order chi connectivity index (χ0) is 19.4. The Hall–Kier alpha value is -2.15. The fourth-order valence-corrected chi connectivity index (χ4v) is 3.46. The van der Waals surface area contributed by atoms with Gasteiger partial charge in [-0.3, -0.25) is 0 Å². The topological polar surface area (TPSA) is 56.8 Å². The maximum atomic E-state index is 9.69. The molecule has 0 aliphatic carbocycles. The summed E-state index contributed by atoms with van der Waals surface area (Å²) in [5.41, 5.74) is 2.28. The first kappa shape index (κ1) is 21.2. The average molecular weight is 470 g/mol. The molecule has 0 fully saturated rings. The molecule has 0 saturated heterocycles. The van der Waals surface area contributed by atoms with Crippen LogP contribution in [-0.2, 0) is 17.8 Å². The predicted octanol–water partition coefficient (Wildman–Crippen LogP) is 5.97. The number of ether oxygens (including phenoxy) is 1. The third kappa shape index (κ3) is 7.17. The van der Waals surface area contributed by atoms with E-state index in [1.807, 2.05) is 64.7 Å². The van der Waals surface area contributed by atoms with E-state index in [1.165, 1.54) is 0 Å². The maximum Gasteiger partial charge on any atom is 0.151 e. The van der Waals surface area contributed by atoms with Gasteiger partial charge in [0.15, 0.2) is 5.41 Å². The molecule has 2 aromatic rings. The van der Waals surface area contributed by atoms with Crippen molar-refractivity contribution in [3.05, 3.63) is 81.4 Å². The van der Waals surface area contributed by atoms with Gasteiger partial charge in [0.25, 0.3) is 0 Å². The van der Waals surface area contributed by atoms with Crippen molar-refractivity contribution in [3.63, 3.8) is 0 Å². The van der Waals surface area contributed by atoms with Crippen molar-refractivity contribution in [2.75, 3.05) is 6.61 Å². The van der Waals surface area contributed by atoms with Crippen LogP contribution in [0.1, 0.15) is 30.4 Å².